The predicted molar refractivity (Wildman–Crippen MR) is 51.3 cm³/mol. The lowest BCUT2D eigenvalue weighted by atomic mass is 9.93. The van der Waals surface area contributed by atoms with Gasteiger partial charge < -0.3 is 10.1 Å². The van der Waals surface area contributed by atoms with Crippen LogP contribution in [0.1, 0.15) is 39.5 Å². The number of ether oxygens (including phenoxy) is 1. The largest absolute Gasteiger partial charge is 0.379 e. The third-order valence-corrected chi connectivity index (χ3v) is 2.82. The molecule has 0 radical (unpaired) electrons. The Bertz CT molecular complexity index is 130. The molecule has 0 aromatic rings. The van der Waals surface area contributed by atoms with E-state index < -0.39 is 0 Å². The average Bonchev–Trinajstić information content (AvgIpc) is 1.95. The molecule has 0 spiro atoms. The van der Waals surface area contributed by atoms with Crippen LogP contribution in [0.5, 0.6) is 0 Å². The maximum atomic E-state index is 5.33. The monoisotopic (exact) mass is 171 g/mol. The van der Waals surface area contributed by atoms with Gasteiger partial charge in [-0.1, -0.05) is 6.42 Å². The highest BCUT2D eigenvalue weighted by atomic mass is 16.5. The van der Waals surface area contributed by atoms with Crippen LogP contribution in [0.25, 0.3) is 0 Å². The van der Waals surface area contributed by atoms with Gasteiger partial charge in [0.2, 0.25) is 0 Å². The lowest BCUT2D eigenvalue weighted by Crippen LogP contribution is -2.38. The molecule has 2 heteroatoms. The van der Waals surface area contributed by atoms with E-state index in [1.165, 1.54) is 19.3 Å². The smallest absolute Gasteiger partial charge is 0.0634 e. The van der Waals surface area contributed by atoms with Gasteiger partial charge in [-0.15, -0.1) is 0 Å². The predicted octanol–water partition coefficient (Wildman–Crippen LogP) is 1.94. The summed E-state index contributed by atoms with van der Waals surface area (Å²) in [6.45, 7) is 5.36. The van der Waals surface area contributed by atoms with Gasteiger partial charge in [-0.3, -0.25) is 0 Å². The molecule has 72 valence electrons. The van der Waals surface area contributed by atoms with Crippen molar-refractivity contribution in [2.75, 3.05) is 13.7 Å². The highest BCUT2D eigenvalue weighted by molar-refractivity contribution is 4.78. The molecule has 0 aliphatic heterocycles. The van der Waals surface area contributed by atoms with Crippen molar-refractivity contribution in [1.29, 1.82) is 0 Å². The first kappa shape index (κ1) is 10.0. The number of hydrogen-bond acceptors (Lipinski definition) is 2. The third-order valence-electron chi connectivity index (χ3n) is 2.82. The van der Waals surface area contributed by atoms with Crippen molar-refractivity contribution in [1.82, 2.24) is 5.32 Å². The molecular weight excluding hydrogens is 150 g/mol. The molecule has 0 bridgehead atoms. The van der Waals surface area contributed by atoms with Crippen molar-refractivity contribution < 1.29 is 4.74 Å². The molecule has 0 unspecified atom stereocenters. The molecule has 1 aliphatic rings. The molecule has 1 saturated carbocycles. The first-order chi connectivity index (χ1) is 5.64. The van der Waals surface area contributed by atoms with Crippen molar-refractivity contribution >= 4 is 0 Å². The summed E-state index contributed by atoms with van der Waals surface area (Å²) in [5, 5.41) is 3.53. The average molecular weight is 171 g/mol. The molecule has 0 aromatic carbocycles. The quantitative estimate of drug-likeness (QED) is 0.682. The van der Waals surface area contributed by atoms with Crippen LogP contribution in [-0.2, 0) is 4.74 Å². The standard InChI is InChI=1S/C10H21NO/c1-10(2,12-3)7-8-11-9-5-4-6-9/h9,11H,4-8H2,1-3H3. The summed E-state index contributed by atoms with van der Waals surface area (Å²) in [4.78, 5) is 0. The first-order valence-electron chi connectivity index (χ1n) is 4.92. The van der Waals surface area contributed by atoms with Gasteiger partial charge in [0.1, 0.15) is 0 Å². The number of hydrogen-bond donors (Lipinski definition) is 1. The Morgan fingerprint density at radius 2 is 2.08 bits per heavy atom. The summed E-state index contributed by atoms with van der Waals surface area (Å²) in [5.41, 5.74) is 0.0384. The fraction of sp³-hybridized carbons (Fsp3) is 1.00. The minimum absolute atomic E-state index is 0.0384. The molecule has 0 saturated heterocycles. The lowest BCUT2D eigenvalue weighted by molar-refractivity contribution is 0.0148. The van der Waals surface area contributed by atoms with E-state index in [1.54, 1.807) is 7.11 Å². The van der Waals surface area contributed by atoms with Crippen LogP contribution in [0.4, 0.5) is 0 Å². The van der Waals surface area contributed by atoms with E-state index in [2.05, 4.69) is 19.2 Å². The van der Waals surface area contributed by atoms with Gasteiger partial charge >= 0.3 is 0 Å². The van der Waals surface area contributed by atoms with Gasteiger partial charge in [-0.2, -0.15) is 0 Å². The van der Waals surface area contributed by atoms with Gasteiger partial charge in [0.05, 0.1) is 5.60 Å². The fourth-order valence-electron chi connectivity index (χ4n) is 1.29. The van der Waals surface area contributed by atoms with E-state index in [1.807, 2.05) is 0 Å². The zero-order valence-corrected chi connectivity index (χ0v) is 8.52. The minimum atomic E-state index is 0.0384. The van der Waals surface area contributed by atoms with Crippen molar-refractivity contribution in [3.8, 4) is 0 Å². The van der Waals surface area contributed by atoms with Gasteiger partial charge in [-0.05, 0) is 39.7 Å². The summed E-state index contributed by atoms with van der Waals surface area (Å²) >= 11 is 0. The van der Waals surface area contributed by atoms with Gasteiger partial charge in [0.15, 0.2) is 0 Å². The second kappa shape index (κ2) is 4.24. The minimum Gasteiger partial charge on any atom is -0.379 e. The molecule has 1 fully saturated rings. The molecular formula is C10H21NO. The van der Waals surface area contributed by atoms with E-state index in [9.17, 15) is 0 Å². The van der Waals surface area contributed by atoms with Crippen molar-refractivity contribution in [2.24, 2.45) is 0 Å². The first-order valence-corrected chi connectivity index (χ1v) is 4.92. The van der Waals surface area contributed by atoms with Gasteiger partial charge in [0.25, 0.3) is 0 Å². The lowest BCUT2D eigenvalue weighted by Gasteiger charge is -2.29. The molecule has 12 heavy (non-hydrogen) atoms. The van der Waals surface area contributed by atoms with Crippen LogP contribution >= 0.6 is 0 Å². The SMILES string of the molecule is COC(C)(C)CCNC1CCC1. The normalized spacial score (nSPS) is 19.2. The van der Waals surface area contributed by atoms with E-state index >= 15 is 0 Å². The maximum Gasteiger partial charge on any atom is 0.0634 e. The van der Waals surface area contributed by atoms with Crippen molar-refractivity contribution in [3.05, 3.63) is 0 Å². The maximum absolute atomic E-state index is 5.33. The van der Waals surface area contributed by atoms with Crippen molar-refractivity contribution in [3.63, 3.8) is 0 Å². The summed E-state index contributed by atoms with van der Waals surface area (Å²) in [5.74, 6) is 0. The second-order valence-corrected chi connectivity index (χ2v) is 4.30. The molecule has 1 rings (SSSR count). The van der Waals surface area contributed by atoms with Crippen LogP contribution in [-0.4, -0.2) is 25.3 Å². The van der Waals surface area contributed by atoms with Gasteiger partial charge in [0, 0.05) is 13.2 Å². The van der Waals surface area contributed by atoms with Crippen LogP contribution < -0.4 is 5.32 Å². The Balaban J connectivity index is 2.00. The Labute approximate surface area is 75.7 Å². The number of methoxy groups -OCH3 is 1. The topological polar surface area (TPSA) is 21.3 Å². The summed E-state index contributed by atoms with van der Waals surface area (Å²) in [7, 11) is 1.78. The zero-order valence-electron chi connectivity index (χ0n) is 8.52. The van der Waals surface area contributed by atoms with E-state index in [0.717, 1.165) is 19.0 Å². The van der Waals surface area contributed by atoms with E-state index in [-0.39, 0.29) is 5.60 Å². The second-order valence-electron chi connectivity index (χ2n) is 4.30. The molecule has 0 heterocycles. The van der Waals surface area contributed by atoms with Crippen LogP contribution in [0.3, 0.4) is 0 Å². The molecule has 0 amide bonds. The summed E-state index contributed by atoms with van der Waals surface area (Å²) < 4.78 is 5.33. The Hall–Kier alpha value is -0.0800. The summed E-state index contributed by atoms with van der Waals surface area (Å²) in [6.07, 6.45) is 5.24. The molecule has 0 atom stereocenters. The molecule has 1 N–H and O–H groups in total. The number of nitrogens with one attached hydrogen (secondary N) is 1. The van der Waals surface area contributed by atoms with E-state index in [4.69, 9.17) is 4.74 Å². The summed E-state index contributed by atoms with van der Waals surface area (Å²) in [6, 6.07) is 0.803. The zero-order chi connectivity index (χ0) is 9.03. The molecule has 1 aliphatic carbocycles. The van der Waals surface area contributed by atoms with Crippen molar-refractivity contribution in [2.45, 2.75) is 51.2 Å². The highest BCUT2D eigenvalue weighted by Gasteiger charge is 2.19. The van der Waals surface area contributed by atoms with Gasteiger partial charge in [-0.25, -0.2) is 0 Å². The molecule has 0 aromatic heterocycles. The Kier molecular flexibility index (Phi) is 3.53. The highest BCUT2D eigenvalue weighted by Crippen LogP contribution is 2.19. The van der Waals surface area contributed by atoms with Crippen LogP contribution in [0, 0.1) is 0 Å². The fourth-order valence-corrected chi connectivity index (χ4v) is 1.29. The Morgan fingerprint density at radius 1 is 1.42 bits per heavy atom. The van der Waals surface area contributed by atoms with Crippen LogP contribution in [0.2, 0.25) is 0 Å². The third kappa shape index (κ3) is 3.11. The molecule has 2 nitrogen and oxygen atoms in total. The Morgan fingerprint density at radius 3 is 2.50 bits per heavy atom. The number of rotatable bonds is 5. The van der Waals surface area contributed by atoms with Crippen LogP contribution in [0.15, 0.2) is 0 Å². The van der Waals surface area contributed by atoms with E-state index in [0.29, 0.717) is 0 Å².